The molecule has 0 radical (unpaired) electrons. The molecule has 0 aromatic rings. The monoisotopic (exact) mass is 227 g/mol. The summed E-state index contributed by atoms with van der Waals surface area (Å²) in [5.41, 5.74) is 0. The van der Waals surface area contributed by atoms with Crippen LogP contribution >= 0.6 is 0 Å². The van der Waals surface area contributed by atoms with Gasteiger partial charge in [-0.1, -0.05) is 0 Å². The number of rotatable bonds is 6. The van der Waals surface area contributed by atoms with Crippen LogP contribution in [0.2, 0.25) is 0 Å². The second-order valence-electron chi connectivity index (χ2n) is 4.83. The van der Waals surface area contributed by atoms with E-state index in [1.54, 1.807) is 0 Å². The third-order valence-corrected chi connectivity index (χ3v) is 3.34. The predicted molar refractivity (Wildman–Crippen MR) is 60.0 cm³/mol. The smallest absolute Gasteiger partial charge is 0.222 e. The van der Waals surface area contributed by atoms with Gasteiger partial charge in [-0.05, 0) is 25.7 Å². The molecule has 2 rings (SSSR count). The maximum absolute atomic E-state index is 11.9. The lowest BCUT2D eigenvalue weighted by molar-refractivity contribution is -0.132. The SMILES string of the molecule is O=C(CCCO)N(CC1CCOC1)C1CC1. The first-order chi connectivity index (χ1) is 7.81. The summed E-state index contributed by atoms with van der Waals surface area (Å²) < 4.78 is 5.34. The van der Waals surface area contributed by atoms with Crippen LogP contribution in [0.25, 0.3) is 0 Å². The van der Waals surface area contributed by atoms with Gasteiger partial charge in [0.2, 0.25) is 5.91 Å². The number of carbonyl (C=O) groups is 1. The molecule has 0 spiro atoms. The van der Waals surface area contributed by atoms with Gasteiger partial charge >= 0.3 is 0 Å². The molecule has 1 heterocycles. The number of amides is 1. The van der Waals surface area contributed by atoms with Crippen molar-refractivity contribution in [2.75, 3.05) is 26.4 Å². The topological polar surface area (TPSA) is 49.8 Å². The maximum Gasteiger partial charge on any atom is 0.222 e. The molecule has 1 aliphatic heterocycles. The van der Waals surface area contributed by atoms with Crippen LogP contribution < -0.4 is 0 Å². The number of hydrogen-bond acceptors (Lipinski definition) is 3. The average molecular weight is 227 g/mol. The molecule has 4 nitrogen and oxygen atoms in total. The van der Waals surface area contributed by atoms with Gasteiger partial charge in [-0.15, -0.1) is 0 Å². The van der Waals surface area contributed by atoms with Gasteiger partial charge in [-0.2, -0.15) is 0 Å². The third kappa shape index (κ3) is 3.19. The van der Waals surface area contributed by atoms with Crippen molar-refractivity contribution in [1.29, 1.82) is 0 Å². The summed E-state index contributed by atoms with van der Waals surface area (Å²) in [5, 5.41) is 8.74. The van der Waals surface area contributed by atoms with E-state index < -0.39 is 0 Å². The van der Waals surface area contributed by atoms with E-state index in [9.17, 15) is 4.79 Å². The minimum absolute atomic E-state index is 0.108. The molecular weight excluding hydrogens is 206 g/mol. The summed E-state index contributed by atoms with van der Waals surface area (Å²) in [4.78, 5) is 14.0. The quantitative estimate of drug-likeness (QED) is 0.729. The standard InChI is InChI=1S/C12H21NO3/c14-6-1-2-12(15)13(11-3-4-11)8-10-5-7-16-9-10/h10-11,14H,1-9H2. The average Bonchev–Trinajstić information content (AvgIpc) is 3.00. The lowest BCUT2D eigenvalue weighted by atomic mass is 10.1. The molecule has 2 fully saturated rings. The van der Waals surface area contributed by atoms with Crippen molar-refractivity contribution in [1.82, 2.24) is 4.90 Å². The zero-order valence-electron chi connectivity index (χ0n) is 9.73. The number of carbonyl (C=O) groups excluding carboxylic acids is 1. The van der Waals surface area contributed by atoms with Crippen molar-refractivity contribution in [3.8, 4) is 0 Å². The lowest BCUT2D eigenvalue weighted by Crippen LogP contribution is -2.37. The fourth-order valence-electron chi connectivity index (χ4n) is 2.22. The number of aliphatic hydroxyl groups is 1. The van der Waals surface area contributed by atoms with Crippen LogP contribution in [0.5, 0.6) is 0 Å². The zero-order chi connectivity index (χ0) is 11.4. The van der Waals surface area contributed by atoms with Crippen LogP contribution in [0.1, 0.15) is 32.1 Å². The highest BCUT2D eigenvalue weighted by Gasteiger charge is 2.34. The summed E-state index contributed by atoms with van der Waals surface area (Å²) >= 11 is 0. The molecule has 0 aromatic heterocycles. The molecule has 1 N–H and O–H groups in total. The van der Waals surface area contributed by atoms with Gasteiger partial charge in [0.05, 0.1) is 6.61 Å². The summed E-state index contributed by atoms with van der Waals surface area (Å²) in [6, 6.07) is 0.479. The van der Waals surface area contributed by atoms with Gasteiger partial charge < -0.3 is 14.7 Å². The Hall–Kier alpha value is -0.610. The Labute approximate surface area is 96.6 Å². The molecule has 4 heteroatoms. The predicted octanol–water partition coefficient (Wildman–Crippen LogP) is 0.786. The molecule has 1 unspecified atom stereocenters. The largest absolute Gasteiger partial charge is 0.396 e. The van der Waals surface area contributed by atoms with Crippen molar-refractivity contribution in [3.63, 3.8) is 0 Å². The fraction of sp³-hybridized carbons (Fsp3) is 0.917. The first-order valence-corrected chi connectivity index (χ1v) is 6.29. The van der Waals surface area contributed by atoms with E-state index in [1.807, 2.05) is 4.90 Å². The van der Waals surface area contributed by atoms with Crippen molar-refractivity contribution in [3.05, 3.63) is 0 Å². The van der Waals surface area contributed by atoms with Gasteiger partial charge in [-0.25, -0.2) is 0 Å². The van der Waals surface area contributed by atoms with E-state index in [4.69, 9.17) is 9.84 Å². The minimum atomic E-state index is 0.108. The molecule has 1 amide bonds. The van der Waals surface area contributed by atoms with E-state index in [0.29, 0.717) is 24.8 Å². The Balaban J connectivity index is 1.81. The Morgan fingerprint density at radius 1 is 1.38 bits per heavy atom. The summed E-state index contributed by atoms with van der Waals surface area (Å²) in [7, 11) is 0. The van der Waals surface area contributed by atoms with Crippen LogP contribution in [0, 0.1) is 5.92 Å². The van der Waals surface area contributed by atoms with E-state index >= 15 is 0 Å². The second-order valence-corrected chi connectivity index (χ2v) is 4.83. The first kappa shape index (κ1) is 11.9. The number of ether oxygens (including phenoxy) is 1. The van der Waals surface area contributed by atoms with Gasteiger partial charge in [-0.3, -0.25) is 4.79 Å². The fourth-order valence-corrected chi connectivity index (χ4v) is 2.22. The Morgan fingerprint density at radius 2 is 2.19 bits per heavy atom. The Morgan fingerprint density at radius 3 is 2.75 bits per heavy atom. The summed E-state index contributed by atoms with van der Waals surface area (Å²) in [6.07, 6.45) is 4.46. The van der Waals surface area contributed by atoms with Gasteiger partial charge in [0, 0.05) is 38.1 Å². The lowest BCUT2D eigenvalue weighted by Gasteiger charge is -2.25. The highest BCUT2D eigenvalue weighted by Crippen LogP contribution is 2.29. The van der Waals surface area contributed by atoms with Gasteiger partial charge in [0.25, 0.3) is 0 Å². The van der Waals surface area contributed by atoms with Crippen LogP contribution in [-0.4, -0.2) is 48.3 Å². The number of hydrogen-bond donors (Lipinski definition) is 1. The highest BCUT2D eigenvalue weighted by atomic mass is 16.5. The summed E-state index contributed by atoms with van der Waals surface area (Å²) in [6.45, 7) is 2.61. The highest BCUT2D eigenvalue weighted by molar-refractivity contribution is 5.76. The van der Waals surface area contributed by atoms with Gasteiger partial charge in [0.1, 0.15) is 0 Å². The normalized spacial score (nSPS) is 24.7. The van der Waals surface area contributed by atoms with Gasteiger partial charge in [0.15, 0.2) is 0 Å². The number of nitrogens with zero attached hydrogens (tertiary/aromatic N) is 1. The van der Waals surface area contributed by atoms with Crippen molar-refractivity contribution >= 4 is 5.91 Å². The minimum Gasteiger partial charge on any atom is -0.396 e. The molecule has 1 saturated carbocycles. The van der Waals surface area contributed by atoms with Crippen LogP contribution in [0.15, 0.2) is 0 Å². The molecular formula is C12H21NO3. The molecule has 16 heavy (non-hydrogen) atoms. The molecule has 1 atom stereocenters. The molecule has 0 aromatic carbocycles. The number of aliphatic hydroxyl groups excluding tert-OH is 1. The van der Waals surface area contributed by atoms with Crippen LogP contribution in [0.3, 0.4) is 0 Å². The van der Waals surface area contributed by atoms with Crippen LogP contribution in [-0.2, 0) is 9.53 Å². The molecule has 1 aliphatic carbocycles. The zero-order valence-corrected chi connectivity index (χ0v) is 9.73. The second kappa shape index (κ2) is 5.64. The Kier molecular flexibility index (Phi) is 4.18. The maximum atomic E-state index is 11.9. The molecule has 0 bridgehead atoms. The van der Waals surface area contributed by atoms with Crippen molar-refractivity contribution in [2.45, 2.75) is 38.1 Å². The van der Waals surface area contributed by atoms with E-state index in [-0.39, 0.29) is 12.5 Å². The van der Waals surface area contributed by atoms with E-state index in [1.165, 1.54) is 0 Å². The molecule has 1 saturated heterocycles. The van der Waals surface area contributed by atoms with Crippen molar-refractivity contribution < 1.29 is 14.6 Å². The molecule has 2 aliphatic rings. The first-order valence-electron chi connectivity index (χ1n) is 6.29. The molecule has 92 valence electrons. The summed E-state index contributed by atoms with van der Waals surface area (Å²) in [5.74, 6) is 0.738. The van der Waals surface area contributed by atoms with E-state index in [2.05, 4.69) is 0 Å². The van der Waals surface area contributed by atoms with Crippen molar-refractivity contribution in [2.24, 2.45) is 5.92 Å². The Bertz CT molecular complexity index is 234. The van der Waals surface area contributed by atoms with Crippen LogP contribution in [0.4, 0.5) is 0 Å². The third-order valence-electron chi connectivity index (χ3n) is 3.34. The van der Waals surface area contributed by atoms with E-state index in [0.717, 1.165) is 39.0 Å².